The average Bonchev–Trinajstić information content (AvgIpc) is 2.49. The standard InChI is InChI=1S/C16H24N2O2/c1-3-11-7-9-12(10-8-11)18-15-13(16(19)20-2)5-4-6-14(15)17/h4-6,11-12,18H,3,7-10,17H2,1-2H3. The molecule has 0 aromatic heterocycles. The molecular weight excluding hydrogens is 252 g/mol. The molecule has 1 aliphatic rings. The Morgan fingerprint density at radius 3 is 2.65 bits per heavy atom. The Bertz CT molecular complexity index is 466. The Morgan fingerprint density at radius 1 is 1.35 bits per heavy atom. The number of nitrogen functional groups attached to an aromatic ring is 1. The van der Waals surface area contributed by atoms with Gasteiger partial charge in [0, 0.05) is 6.04 Å². The summed E-state index contributed by atoms with van der Waals surface area (Å²) in [5.41, 5.74) is 7.86. The molecule has 0 spiro atoms. The number of anilines is 2. The zero-order valence-electron chi connectivity index (χ0n) is 12.3. The van der Waals surface area contributed by atoms with Crippen LogP contribution in [0.15, 0.2) is 18.2 Å². The van der Waals surface area contributed by atoms with E-state index in [0.717, 1.165) is 24.4 Å². The fraction of sp³-hybridized carbons (Fsp3) is 0.562. The van der Waals surface area contributed by atoms with E-state index in [4.69, 9.17) is 10.5 Å². The highest BCUT2D eigenvalue weighted by molar-refractivity contribution is 5.98. The minimum absolute atomic E-state index is 0.345. The smallest absolute Gasteiger partial charge is 0.340 e. The van der Waals surface area contributed by atoms with Crippen molar-refractivity contribution < 1.29 is 9.53 Å². The summed E-state index contributed by atoms with van der Waals surface area (Å²) in [6.45, 7) is 2.25. The Hall–Kier alpha value is -1.71. The van der Waals surface area contributed by atoms with Gasteiger partial charge in [0.25, 0.3) is 0 Å². The van der Waals surface area contributed by atoms with Crippen LogP contribution < -0.4 is 11.1 Å². The van der Waals surface area contributed by atoms with Gasteiger partial charge in [-0.15, -0.1) is 0 Å². The molecule has 0 unspecified atom stereocenters. The Kier molecular flexibility index (Phi) is 4.88. The normalized spacial score (nSPS) is 22.3. The number of esters is 1. The van der Waals surface area contributed by atoms with E-state index in [2.05, 4.69) is 12.2 Å². The lowest BCUT2D eigenvalue weighted by molar-refractivity contribution is 0.0602. The molecular formula is C16H24N2O2. The number of methoxy groups -OCH3 is 1. The Balaban J connectivity index is 2.11. The lowest BCUT2D eigenvalue weighted by atomic mass is 9.84. The van der Waals surface area contributed by atoms with Crippen molar-refractivity contribution in [3.8, 4) is 0 Å². The number of nitrogens with two attached hydrogens (primary N) is 1. The summed E-state index contributed by atoms with van der Waals surface area (Å²) < 4.78 is 4.82. The maximum atomic E-state index is 11.8. The molecule has 0 bridgehead atoms. The molecule has 1 aromatic carbocycles. The van der Waals surface area contributed by atoms with Gasteiger partial charge >= 0.3 is 5.97 Å². The van der Waals surface area contributed by atoms with Gasteiger partial charge in [-0.25, -0.2) is 4.79 Å². The third-order valence-electron chi connectivity index (χ3n) is 4.27. The van der Waals surface area contributed by atoms with E-state index < -0.39 is 0 Å². The van der Waals surface area contributed by atoms with Gasteiger partial charge in [-0.05, 0) is 43.7 Å². The predicted molar refractivity (Wildman–Crippen MR) is 81.9 cm³/mol. The van der Waals surface area contributed by atoms with Crippen LogP contribution in [0, 0.1) is 5.92 Å². The Labute approximate surface area is 120 Å². The van der Waals surface area contributed by atoms with Gasteiger partial charge in [0.1, 0.15) is 0 Å². The van der Waals surface area contributed by atoms with Crippen molar-refractivity contribution in [2.24, 2.45) is 5.92 Å². The summed E-state index contributed by atoms with van der Waals surface area (Å²) >= 11 is 0. The van der Waals surface area contributed by atoms with Crippen molar-refractivity contribution in [2.75, 3.05) is 18.2 Å². The lowest BCUT2D eigenvalue weighted by Gasteiger charge is -2.30. The molecule has 0 amide bonds. The number of carbonyl (C=O) groups is 1. The summed E-state index contributed by atoms with van der Waals surface area (Å²) in [4.78, 5) is 11.8. The highest BCUT2D eigenvalue weighted by atomic mass is 16.5. The quantitative estimate of drug-likeness (QED) is 0.653. The molecule has 2 rings (SSSR count). The second-order valence-electron chi connectivity index (χ2n) is 5.53. The second kappa shape index (κ2) is 6.64. The van der Waals surface area contributed by atoms with Crippen molar-refractivity contribution in [1.82, 2.24) is 0 Å². The number of rotatable bonds is 4. The average molecular weight is 276 g/mol. The number of hydrogen-bond donors (Lipinski definition) is 2. The van der Waals surface area contributed by atoms with Crippen molar-refractivity contribution >= 4 is 17.3 Å². The van der Waals surface area contributed by atoms with Gasteiger partial charge in [0.2, 0.25) is 0 Å². The van der Waals surface area contributed by atoms with Crippen molar-refractivity contribution in [2.45, 2.75) is 45.1 Å². The van der Waals surface area contributed by atoms with Crippen LogP contribution in [0.2, 0.25) is 0 Å². The zero-order chi connectivity index (χ0) is 14.5. The highest BCUT2D eigenvalue weighted by Crippen LogP contribution is 2.31. The van der Waals surface area contributed by atoms with Gasteiger partial charge in [-0.2, -0.15) is 0 Å². The van der Waals surface area contributed by atoms with E-state index in [-0.39, 0.29) is 5.97 Å². The van der Waals surface area contributed by atoms with E-state index in [1.54, 1.807) is 12.1 Å². The molecule has 1 aromatic rings. The van der Waals surface area contributed by atoms with Crippen LogP contribution in [-0.4, -0.2) is 19.1 Å². The molecule has 0 saturated heterocycles. The van der Waals surface area contributed by atoms with Crippen LogP contribution in [0.5, 0.6) is 0 Å². The molecule has 20 heavy (non-hydrogen) atoms. The van der Waals surface area contributed by atoms with Crippen LogP contribution in [0.1, 0.15) is 49.4 Å². The number of para-hydroxylation sites is 1. The molecule has 4 heteroatoms. The van der Waals surface area contributed by atoms with Crippen LogP contribution in [-0.2, 0) is 4.74 Å². The monoisotopic (exact) mass is 276 g/mol. The second-order valence-corrected chi connectivity index (χ2v) is 5.53. The maximum absolute atomic E-state index is 11.8. The summed E-state index contributed by atoms with van der Waals surface area (Å²) in [6, 6.07) is 5.74. The van der Waals surface area contributed by atoms with E-state index in [1.165, 1.54) is 26.4 Å². The summed E-state index contributed by atoms with van der Waals surface area (Å²) in [7, 11) is 1.39. The molecule has 1 fully saturated rings. The van der Waals surface area contributed by atoms with Crippen LogP contribution >= 0.6 is 0 Å². The molecule has 3 N–H and O–H groups in total. The topological polar surface area (TPSA) is 64.3 Å². The van der Waals surface area contributed by atoms with Crippen LogP contribution in [0.4, 0.5) is 11.4 Å². The molecule has 0 atom stereocenters. The van der Waals surface area contributed by atoms with Crippen molar-refractivity contribution in [1.29, 1.82) is 0 Å². The summed E-state index contributed by atoms with van der Waals surface area (Å²) in [5, 5.41) is 3.45. The highest BCUT2D eigenvalue weighted by Gasteiger charge is 2.22. The van der Waals surface area contributed by atoms with E-state index >= 15 is 0 Å². The van der Waals surface area contributed by atoms with Crippen LogP contribution in [0.3, 0.4) is 0 Å². The number of ether oxygens (including phenoxy) is 1. The van der Waals surface area contributed by atoms with Crippen LogP contribution in [0.25, 0.3) is 0 Å². The van der Waals surface area contributed by atoms with Gasteiger partial charge in [-0.3, -0.25) is 0 Å². The summed E-state index contributed by atoms with van der Waals surface area (Å²) in [6.07, 6.45) is 6.01. The predicted octanol–water partition coefficient (Wildman–Crippen LogP) is 3.44. The first-order valence-corrected chi connectivity index (χ1v) is 7.39. The minimum atomic E-state index is -0.345. The van der Waals surface area contributed by atoms with Gasteiger partial charge in [0.15, 0.2) is 0 Å². The fourth-order valence-electron chi connectivity index (χ4n) is 2.93. The first-order valence-electron chi connectivity index (χ1n) is 7.39. The van der Waals surface area contributed by atoms with E-state index in [0.29, 0.717) is 17.3 Å². The fourth-order valence-corrected chi connectivity index (χ4v) is 2.93. The van der Waals surface area contributed by atoms with Gasteiger partial charge in [0.05, 0.1) is 24.0 Å². The van der Waals surface area contributed by atoms with Crippen molar-refractivity contribution in [3.05, 3.63) is 23.8 Å². The third kappa shape index (κ3) is 3.24. The van der Waals surface area contributed by atoms with Gasteiger partial charge in [-0.1, -0.05) is 19.4 Å². The number of carbonyl (C=O) groups excluding carboxylic acids is 1. The SMILES string of the molecule is CCC1CCC(Nc2c(N)cccc2C(=O)OC)CC1. The molecule has 4 nitrogen and oxygen atoms in total. The zero-order valence-corrected chi connectivity index (χ0v) is 12.3. The van der Waals surface area contributed by atoms with E-state index in [9.17, 15) is 4.79 Å². The van der Waals surface area contributed by atoms with Crippen molar-refractivity contribution in [3.63, 3.8) is 0 Å². The molecule has 1 aliphatic carbocycles. The van der Waals surface area contributed by atoms with E-state index in [1.807, 2.05) is 6.07 Å². The first-order chi connectivity index (χ1) is 9.65. The Morgan fingerprint density at radius 2 is 2.05 bits per heavy atom. The molecule has 0 heterocycles. The third-order valence-corrected chi connectivity index (χ3v) is 4.27. The molecule has 0 aliphatic heterocycles. The molecule has 110 valence electrons. The lowest BCUT2D eigenvalue weighted by Crippen LogP contribution is -2.27. The van der Waals surface area contributed by atoms with Gasteiger partial charge < -0.3 is 15.8 Å². The minimum Gasteiger partial charge on any atom is -0.465 e. The molecule has 1 saturated carbocycles. The summed E-state index contributed by atoms with van der Waals surface area (Å²) in [5.74, 6) is 0.503. The number of benzene rings is 1. The molecule has 0 radical (unpaired) electrons. The largest absolute Gasteiger partial charge is 0.465 e. The first kappa shape index (κ1) is 14.7. The number of hydrogen-bond acceptors (Lipinski definition) is 4. The maximum Gasteiger partial charge on any atom is 0.340 e. The number of nitrogens with one attached hydrogen (secondary N) is 1.